The van der Waals surface area contributed by atoms with Gasteiger partial charge >= 0.3 is 6.18 Å². The molecule has 0 aliphatic rings. The Bertz CT molecular complexity index is 1270. The van der Waals surface area contributed by atoms with Crippen molar-refractivity contribution in [2.75, 3.05) is 5.32 Å². The first-order valence-electron chi connectivity index (χ1n) is 9.29. The summed E-state index contributed by atoms with van der Waals surface area (Å²) >= 11 is 3.42. The van der Waals surface area contributed by atoms with Crippen LogP contribution in [0.1, 0.15) is 21.5 Å². The van der Waals surface area contributed by atoms with Crippen molar-refractivity contribution in [2.45, 2.75) is 13.1 Å². The highest BCUT2D eigenvalue weighted by molar-refractivity contribution is 9.10. The number of pyridine rings is 1. The number of fused-ring (bicyclic) bond motifs is 1. The molecule has 155 valence electrons. The highest BCUT2D eigenvalue weighted by atomic mass is 79.9. The normalized spacial score (nSPS) is 11.5. The summed E-state index contributed by atoms with van der Waals surface area (Å²) in [5, 5.41) is 3.30. The van der Waals surface area contributed by atoms with Crippen molar-refractivity contribution >= 4 is 38.4 Å². The third-order valence-corrected chi connectivity index (χ3v) is 5.35. The molecule has 0 bridgehead atoms. The Morgan fingerprint density at radius 2 is 1.81 bits per heavy atom. The molecule has 1 aromatic heterocycles. The van der Waals surface area contributed by atoms with E-state index in [1.54, 1.807) is 13.0 Å². The lowest BCUT2D eigenvalue weighted by atomic mass is 9.97. The van der Waals surface area contributed by atoms with Gasteiger partial charge in [0.1, 0.15) is 0 Å². The van der Waals surface area contributed by atoms with Crippen LogP contribution in [0.15, 0.2) is 71.2 Å². The maximum Gasteiger partial charge on any atom is 0.416 e. The molecule has 0 saturated heterocycles. The fraction of sp³-hybridized carbons (Fsp3) is 0.0833. The number of nitrogens with zero attached hydrogens (tertiary/aromatic N) is 1. The zero-order valence-corrected chi connectivity index (χ0v) is 17.8. The summed E-state index contributed by atoms with van der Waals surface area (Å²) in [7, 11) is 0. The molecule has 0 spiro atoms. The monoisotopic (exact) mass is 483 g/mol. The number of amides is 1. The molecule has 1 radical (unpaired) electrons. The van der Waals surface area contributed by atoms with Crippen LogP contribution in [0.3, 0.4) is 0 Å². The molecule has 0 unspecified atom stereocenters. The van der Waals surface area contributed by atoms with E-state index in [0.717, 1.165) is 22.2 Å². The van der Waals surface area contributed by atoms with E-state index in [2.05, 4.69) is 27.3 Å². The van der Waals surface area contributed by atoms with Gasteiger partial charge in [0.05, 0.1) is 22.3 Å². The number of carbonyl (C=O) groups excluding carboxylic acids is 1. The van der Waals surface area contributed by atoms with Gasteiger partial charge in [0.15, 0.2) is 0 Å². The number of halogens is 4. The highest BCUT2D eigenvalue weighted by Gasteiger charge is 2.30. The Labute approximate surface area is 185 Å². The van der Waals surface area contributed by atoms with Gasteiger partial charge in [-0.05, 0) is 48.9 Å². The quantitative estimate of drug-likeness (QED) is 0.339. The average Bonchev–Trinajstić information content (AvgIpc) is 2.73. The summed E-state index contributed by atoms with van der Waals surface area (Å²) in [4.78, 5) is 18.0. The number of hydrogen-bond donors (Lipinski definition) is 1. The van der Waals surface area contributed by atoms with E-state index in [1.165, 1.54) is 6.07 Å². The molecule has 0 aliphatic heterocycles. The number of anilines is 1. The van der Waals surface area contributed by atoms with Crippen LogP contribution in [-0.4, -0.2) is 10.9 Å². The van der Waals surface area contributed by atoms with Gasteiger partial charge in [-0.25, -0.2) is 4.98 Å². The summed E-state index contributed by atoms with van der Waals surface area (Å²) < 4.78 is 39.2. The summed E-state index contributed by atoms with van der Waals surface area (Å²) in [6, 6.07) is 20.3. The molecule has 0 saturated carbocycles. The standard InChI is InChI=1S/C24H15BrF3N2O/c1-14-21(23(31)29-18-10-7-16(8-11-18)24(26,27)28)19-13-17(25)9-12-20(19)30-22(14)15-5-3-2-4-6-15/h2-10,12-13H,1H3,(H,29,31). The number of carbonyl (C=O) groups is 1. The number of rotatable bonds is 3. The summed E-state index contributed by atoms with van der Waals surface area (Å²) in [5.41, 5.74) is 2.55. The smallest absolute Gasteiger partial charge is 0.321 e. The minimum atomic E-state index is -4.46. The number of aromatic nitrogens is 1. The second-order valence-electron chi connectivity index (χ2n) is 6.93. The second-order valence-corrected chi connectivity index (χ2v) is 7.85. The second kappa shape index (κ2) is 8.15. The van der Waals surface area contributed by atoms with E-state index in [1.807, 2.05) is 42.5 Å². The van der Waals surface area contributed by atoms with Crippen LogP contribution in [0.4, 0.5) is 18.9 Å². The van der Waals surface area contributed by atoms with E-state index in [0.29, 0.717) is 27.7 Å². The van der Waals surface area contributed by atoms with E-state index in [9.17, 15) is 18.0 Å². The first-order valence-corrected chi connectivity index (χ1v) is 10.1. The van der Waals surface area contributed by atoms with Crippen LogP contribution < -0.4 is 5.32 Å². The Kier molecular flexibility index (Phi) is 5.54. The van der Waals surface area contributed by atoms with E-state index >= 15 is 0 Å². The van der Waals surface area contributed by atoms with Crippen LogP contribution in [-0.2, 0) is 6.18 Å². The molecule has 0 fully saturated rings. The predicted octanol–water partition coefficient (Wildman–Crippen LogP) is 7.04. The van der Waals surface area contributed by atoms with Crippen LogP contribution in [0.5, 0.6) is 0 Å². The Balaban J connectivity index is 1.80. The Morgan fingerprint density at radius 1 is 1.06 bits per heavy atom. The number of alkyl halides is 3. The third kappa shape index (κ3) is 4.32. The molecule has 1 amide bonds. The fourth-order valence-electron chi connectivity index (χ4n) is 3.36. The van der Waals surface area contributed by atoms with Crippen molar-refractivity contribution in [1.82, 2.24) is 4.98 Å². The molecular formula is C24H15BrF3N2O. The largest absolute Gasteiger partial charge is 0.416 e. The van der Waals surface area contributed by atoms with Crippen LogP contribution in [0.25, 0.3) is 22.2 Å². The number of hydrogen-bond acceptors (Lipinski definition) is 2. The van der Waals surface area contributed by atoms with Gasteiger partial charge in [0.25, 0.3) is 5.91 Å². The molecule has 1 N–H and O–H groups in total. The number of benzene rings is 3. The molecule has 1 heterocycles. The van der Waals surface area contributed by atoms with Crippen LogP contribution in [0, 0.1) is 13.0 Å². The van der Waals surface area contributed by atoms with Crippen molar-refractivity contribution in [3.63, 3.8) is 0 Å². The lowest BCUT2D eigenvalue weighted by molar-refractivity contribution is -0.137. The lowest BCUT2D eigenvalue weighted by Gasteiger charge is -2.15. The Morgan fingerprint density at radius 3 is 2.45 bits per heavy atom. The van der Waals surface area contributed by atoms with Gasteiger partial charge in [-0.1, -0.05) is 46.3 Å². The summed E-state index contributed by atoms with van der Waals surface area (Å²) in [6.45, 7) is 1.81. The molecule has 3 aromatic carbocycles. The van der Waals surface area contributed by atoms with E-state index in [-0.39, 0.29) is 5.69 Å². The summed E-state index contributed by atoms with van der Waals surface area (Å²) in [5.74, 6) is -0.448. The number of nitrogens with one attached hydrogen (secondary N) is 1. The summed E-state index contributed by atoms with van der Waals surface area (Å²) in [6.07, 6.45) is -4.46. The molecule has 0 aliphatic carbocycles. The fourth-order valence-corrected chi connectivity index (χ4v) is 3.73. The molecule has 31 heavy (non-hydrogen) atoms. The lowest BCUT2D eigenvalue weighted by Crippen LogP contribution is -2.15. The molecule has 3 nitrogen and oxygen atoms in total. The molecule has 0 atom stereocenters. The van der Waals surface area contributed by atoms with Crippen molar-refractivity contribution < 1.29 is 18.0 Å². The first kappa shape index (κ1) is 21.1. The van der Waals surface area contributed by atoms with Crippen molar-refractivity contribution in [3.05, 3.63) is 94.0 Å². The SMILES string of the molecule is Cc1c(-c2ccccc2)nc2ccc(Br)cc2c1C(=O)Nc1[c]cc(C(F)(F)F)cc1. The van der Waals surface area contributed by atoms with E-state index in [4.69, 9.17) is 4.98 Å². The van der Waals surface area contributed by atoms with Gasteiger partial charge in [-0.3, -0.25) is 4.79 Å². The molecule has 4 aromatic rings. The molecule has 4 rings (SSSR count). The van der Waals surface area contributed by atoms with Gasteiger partial charge in [-0.2, -0.15) is 13.2 Å². The zero-order valence-electron chi connectivity index (χ0n) is 16.2. The zero-order chi connectivity index (χ0) is 22.2. The third-order valence-electron chi connectivity index (χ3n) is 4.85. The average molecular weight is 484 g/mol. The first-order chi connectivity index (χ1) is 14.7. The van der Waals surface area contributed by atoms with Gasteiger partial charge in [0, 0.05) is 27.2 Å². The van der Waals surface area contributed by atoms with Crippen molar-refractivity contribution in [2.24, 2.45) is 0 Å². The van der Waals surface area contributed by atoms with Gasteiger partial charge in [0.2, 0.25) is 0 Å². The highest BCUT2D eigenvalue weighted by Crippen LogP contribution is 2.33. The van der Waals surface area contributed by atoms with Crippen LogP contribution >= 0.6 is 15.9 Å². The molecule has 7 heteroatoms. The maximum absolute atomic E-state index is 13.2. The maximum atomic E-state index is 13.2. The van der Waals surface area contributed by atoms with Gasteiger partial charge in [-0.15, -0.1) is 0 Å². The van der Waals surface area contributed by atoms with Crippen LogP contribution in [0.2, 0.25) is 0 Å². The predicted molar refractivity (Wildman–Crippen MR) is 118 cm³/mol. The topological polar surface area (TPSA) is 42.0 Å². The van der Waals surface area contributed by atoms with Crippen molar-refractivity contribution in [3.8, 4) is 11.3 Å². The Hall–Kier alpha value is -3.19. The van der Waals surface area contributed by atoms with Gasteiger partial charge < -0.3 is 5.32 Å². The minimum absolute atomic E-state index is 0.152. The van der Waals surface area contributed by atoms with Crippen molar-refractivity contribution in [1.29, 1.82) is 0 Å². The minimum Gasteiger partial charge on any atom is -0.321 e. The molecular weight excluding hydrogens is 469 g/mol. The van der Waals surface area contributed by atoms with E-state index < -0.39 is 17.6 Å².